The second-order valence-electron chi connectivity index (χ2n) is 5.68. The molecule has 23 heavy (non-hydrogen) atoms. The molecule has 0 fully saturated rings. The van der Waals surface area contributed by atoms with Crippen LogP contribution in [-0.4, -0.2) is 36.5 Å². The van der Waals surface area contributed by atoms with E-state index in [0.717, 1.165) is 35.5 Å². The molecular formula is C14H19F3N6. The van der Waals surface area contributed by atoms with Crippen molar-refractivity contribution in [1.82, 2.24) is 29.6 Å². The van der Waals surface area contributed by atoms with Gasteiger partial charge in [0.05, 0.1) is 13.1 Å². The Balaban J connectivity index is 1.58. The Hall–Kier alpha value is -1.90. The number of halogens is 3. The molecule has 126 valence electrons. The zero-order valence-electron chi connectivity index (χ0n) is 12.8. The fourth-order valence-corrected chi connectivity index (χ4v) is 2.76. The van der Waals surface area contributed by atoms with E-state index in [9.17, 15) is 13.2 Å². The Labute approximate surface area is 131 Å². The minimum atomic E-state index is -4.24. The molecule has 0 radical (unpaired) electrons. The summed E-state index contributed by atoms with van der Waals surface area (Å²) in [5.74, 6) is 2.21. The summed E-state index contributed by atoms with van der Waals surface area (Å²) in [4.78, 5) is 8.46. The van der Waals surface area contributed by atoms with Crippen LogP contribution in [0.4, 0.5) is 13.2 Å². The molecule has 3 rings (SSSR count). The second kappa shape index (κ2) is 6.31. The van der Waals surface area contributed by atoms with Crippen molar-refractivity contribution >= 4 is 0 Å². The van der Waals surface area contributed by atoms with E-state index in [1.807, 2.05) is 11.6 Å². The zero-order chi connectivity index (χ0) is 16.4. The molecule has 1 aliphatic rings. The van der Waals surface area contributed by atoms with E-state index < -0.39 is 12.7 Å². The van der Waals surface area contributed by atoms with E-state index in [1.165, 1.54) is 12.4 Å². The Morgan fingerprint density at radius 1 is 1.39 bits per heavy atom. The molecule has 6 nitrogen and oxygen atoms in total. The van der Waals surface area contributed by atoms with Crippen LogP contribution in [0, 0.1) is 0 Å². The van der Waals surface area contributed by atoms with Gasteiger partial charge in [0.15, 0.2) is 5.82 Å². The second-order valence-corrected chi connectivity index (χ2v) is 5.68. The summed E-state index contributed by atoms with van der Waals surface area (Å²) in [7, 11) is 0. The molecule has 0 amide bonds. The Morgan fingerprint density at radius 2 is 2.22 bits per heavy atom. The summed E-state index contributed by atoms with van der Waals surface area (Å²) >= 11 is 0. The normalized spacial score (nSPS) is 18.2. The number of rotatable bonds is 5. The smallest absolute Gasteiger partial charge is 0.325 e. The first-order chi connectivity index (χ1) is 10.9. The summed E-state index contributed by atoms with van der Waals surface area (Å²) in [5.41, 5.74) is 0. The van der Waals surface area contributed by atoms with Gasteiger partial charge < -0.3 is 9.88 Å². The predicted octanol–water partition coefficient (Wildman–Crippen LogP) is 1.70. The largest absolute Gasteiger partial charge is 0.406 e. The average Bonchev–Trinajstić information content (AvgIpc) is 3.08. The fraction of sp³-hybridized carbons (Fsp3) is 0.643. The van der Waals surface area contributed by atoms with Crippen molar-refractivity contribution in [3.8, 4) is 0 Å². The maximum atomic E-state index is 12.5. The minimum Gasteiger partial charge on any atom is -0.325 e. The van der Waals surface area contributed by atoms with Crippen molar-refractivity contribution < 1.29 is 13.2 Å². The first-order valence-corrected chi connectivity index (χ1v) is 7.67. The highest BCUT2D eigenvalue weighted by Gasteiger charge is 2.29. The highest BCUT2D eigenvalue weighted by atomic mass is 19.4. The minimum absolute atomic E-state index is 0.157. The van der Waals surface area contributed by atoms with E-state index in [-0.39, 0.29) is 6.04 Å². The molecular weight excluding hydrogens is 309 g/mol. The monoisotopic (exact) mass is 328 g/mol. The lowest BCUT2D eigenvalue weighted by molar-refractivity contribution is -0.141. The van der Waals surface area contributed by atoms with Gasteiger partial charge in [0.25, 0.3) is 0 Å². The summed E-state index contributed by atoms with van der Waals surface area (Å²) in [6, 6.07) is 0.157. The van der Waals surface area contributed by atoms with Crippen molar-refractivity contribution in [1.29, 1.82) is 0 Å². The standard InChI is InChI=1S/C14H19F3N6/c1-2-11-20-12-4-3-10(8-23(12)21-11)19-7-13-18-5-6-22(13)9-14(15,16)17/h5-6,10,19H,2-4,7-9H2,1H3. The topological polar surface area (TPSA) is 60.6 Å². The summed E-state index contributed by atoms with van der Waals surface area (Å²) in [6.07, 6.45) is 1.02. The number of alkyl halides is 3. The highest BCUT2D eigenvalue weighted by molar-refractivity contribution is 4.99. The maximum absolute atomic E-state index is 12.5. The van der Waals surface area contributed by atoms with Crippen LogP contribution in [0.5, 0.6) is 0 Å². The number of hydrogen-bond donors (Lipinski definition) is 1. The van der Waals surface area contributed by atoms with Crippen molar-refractivity contribution in [2.45, 2.75) is 58.0 Å². The third-order valence-corrected chi connectivity index (χ3v) is 3.92. The number of aryl methyl sites for hydroxylation is 2. The summed E-state index contributed by atoms with van der Waals surface area (Å²) in [6.45, 7) is 1.99. The van der Waals surface area contributed by atoms with Crippen LogP contribution in [0.1, 0.15) is 30.8 Å². The highest BCUT2D eigenvalue weighted by Crippen LogP contribution is 2.18. The average molecular weight is 328 g/mol. The van der Waals surface area contributed by atoms with E-state index in [2.05, 4.69) is 20.4 Å². The number of hydrogen-bond acceptors (Lipinski definition) is 4. The van der Waals surface area contributed by atoms with Gasteiger partial charge in [0, 0.05) is 31.3 Å². The number of fused-ring (bicyclic) bond motifs is 1. The van der Waals surface area contributed by atoms with Gasteiger partial charge in [-0.15, -0.1) is 0 Å². The van der Waals surface area contributed by atoms with Gasteiger partial charge in [-0.05, 0) is 6.42 Å². The third kappa shape index (κ3) is 3.90. The van der Waals surface area contributed by atoms with Crippen molar-refractivity contribution in [3.05, 3.63) is 29.9 Å². The summed E-state index contributed by atoms with van der Waals surface area (Å²) < 4.78 is 40.5. The molecule has 0 saturated heterocycles. The Bertz CT molecular complexity index is 660. The lowest BCUT2D eigenvalue weighted by atomic mass is 10.1. The summed E-state index contributed by atoms with van der Waals surface area (Å²) in [5, 5.41) is 7.71. The quantitative estimate of drug-likeness (QED) is 0.908. The van der Waals surface area contributed by atoms with Gasteiger partial charge in [-0.2, -0.15) is 18.3 Å². The molecule has 1 N–H and O–H groups in total. The molecule has 1 aliphatic heterocycles. The molecule has 0 aromatic carbocycles. The Morgan fingerprint density at radius 3 is 2.96 bits per heavy atom. The van der Waals surface area contributed by atoms with Gasteiger partial charge in [-0.25, -0.2) is 14.6 Å². The van der Waals surface area contributed by atoms with Crippen molar-refractivity contribution in [2.24, 2.45) is 0 Å². The Kier molecular flexibility index (Phi) is 4.38. The van der Waals surface area contributed by atoms with Crippen LogP contribution in [0.3, 0.4) is 0 Å². The van der Waals surface area contributed by atoms with E-state index in [0.29, 0.717) is 18.9 Å². The van der Waals surface area contributed by atoms with Crippen LogP contribution < -0.4 is 5.32 Å². The van der Waals surface area contributed by atoms with Crippen LogP contribution >= 0.6 is 0 Å². The van der Waals surface area contributed by atoms with Crippen LogP contribution in [-0.2, 0) is 32.5 Å². The number of imidazole rings is 1. The lowest BCUT2D eigenvalue weighted by Gasteiger charge is -2.23. The number of nitrogens with one attached hydrogen (secondary N) is 1. The molecule has 2 aromatic rings. The molecule has 0 spiro atoms. The van der Waals surface area contributed by atoms with Gasteiger partial charge in [0.2, 0.25) is 0 Å². The molecule has 0 saturated carbocycles. The number of nitrogens with zero attached hydrogens (tertiary/aromatic N) is 5. The first-order valence-electron chi connectivity index (χ1n) is 7.67. The first kappa shape index (κ1) is 16.0. The van der Waals surface area contributed by atoms with E-state index in [1.54, 1.807) is 0 Å². The van der Waals surface area contributed by atoms with E-state index >= 15 is 0 Å². The van der Waals surface area contributed by atoms with Gasteiger partial charge in [-0.3, -0.25) is 0 Å². The molecule has 1 unspecified atom stereocenters. The maximum Gasteiger partial charge on any atom is 0.406 e. The van der Waals surface area contributed by atoms with Crippen molar-refractivity contribution in [3.63, 3.8) is 0 Å². The molecule has 1 atom stereocenters. The fourth-order valence-electron chi connectivity index (χ4n) is 2.76. The van der Waals surface area contributed by atoms with Crippen molar-refractivity contribution in [2.75, 3.05) is 0 Å². The number of aromatic nitrogens is 5. The van der Waals surface area contributed by atoms with Crippen LogP contribution in [0.15, 0.2) is 12.4 Å². The van der Waals surface area contributed by atoms with Crippen LogP contribution in [0.2, 0.25) is 0 Å². The van der Waals surface area contributed by atoms with E-state index in [4.69, 9.17) is 0 Å². The zero-order valence-corrected chi connectivity index (χ0v) is 12.8. The molecule has 0 aliphatic carbocycles. The predicted molar refractivity (Wildman–Crippen MR) is 76.6 cm³/mol. The van der Waals surface area contributed by atoms with Gasteiger partial charge in [-0.1, -0.05) is 6.92 Å². The molecule has 2 aromatic heterocycles. The van der Waals surface area contributed by atoms with Gasteiger partial charge in [0.1, 0.15) is 18.2 Å². The lowest BCUT2D eigenvalue weighted by Crippen LogP contribution is -2.38. The molecule has 9 heteroatoms. The third-order valence-electron chi connectivity index (χ3n) is 3.92. The molecule has 3 heterocycles. The van der Waals surface area contributed by atoms with Gasteiger partial charge >= 0.3 is 6.18 Å². The molecule has 0 bridgehead atoms. The SMILES string of the molecule is CCc1nc2n(n1)CC(NCc1nccn1CC(F)(F)F)CC2. The van der Waals surface area contributed by atoms with Crippen LogP contribution in [0.25, 0.3) is 0 Å².